The van der Waals surface area contributed by atoms with Gasteiger partial charge in [-0.15, -0.1) is 0 Å². The Balaban J connectivity index is 2.21. The van der Waals surface area contributed by atoms with Gasteiger partial charge in [0.1, 0.15) is 6.04 Å². The summed E-state index contributed by atoms with van der Waals surface area (Å²) in [4.78, 5) is 24.8. The van der Waals surface area contributed by atoms with Crippen LogP contribution in [0.1, 0.15) is 26.3 Å². The number of amides is 1. The molecule has 21 heavy (non-hydrogen) atoms. The summed E-state index contributed by atoms with van der Waals surface area (Å²) in [5.41, 5.74) is 1.21. The van der Waals surface area contributed by atoms with Gasteiger partial charge in [-0.2, -0.15) is 0 Å². The molecular weight excluding hydrogens is 338 g/mol. The molecule has 1 atom stereocenters. The molecule has 114 valence electrons. The molecule has 1 aliphatic rings. The Morgan fingerprint density at radius 2 is 2.10 bits per heavy atom. The van der Waals surface area contributed by atoms with E-state index in [1.807, 2.05) is 26.8 Å². The van der Waals surface area contributed by atoms with E-state index in [0.29, 0.717) is 12.1 Å². The fourth-order valence-corrected chi connectivity index (χ4v) is 2.64. The van der Waals surface area contributed by atoms with Crippen molar-refractivity contribution in [2.24, 2.45) is 5.41 Å². The molecule has 2 rings (SSSR count). The van der Waals surface area contributed by atoms with Crippen molar-refractivity contribution in [2.75, 3.05) is 11.5 Å². The summed E-state index contributed by atoms with van der Waals surface area (Å²) < 4.78 is 6.13. The zero-order valence-corrected chi connectivity index (χ0v) is 13.8. The van der Waals surface area contributed by atoms with E-state index in [1.54, 1.807) is 12.1 Å². The average molecular weight is 356 g/mol. The second-order valence-electron chi connectivity index (χ2n) is 6.31. The Labute approximate surface area is 132 Å². The van der Waals surface area contributed by atoms with E-state index in [-0.39, 0.29) is 12.0 Å². The first-order valence-corrected chi connectivity index (χ1v) is 7.45. The Kier molecular flexibility index (Phi) is 4.27. The van der Waals surface area contributed by atoms with Gasteiger partial charge in [0.05, 0.1) is 12.3 Å². The van der Waals surface area contributed by atoms with Gasteiger partial charge in [0, 0.05) is 10.9 Å². The molecule has 0 saturated heterocycles. The van der Waals surface area contributed by atoms with Crippen LogP contribution in [0.25, 0.3) is 0 Å². The van der Waals surface area contributed by atoms with Crippen molar-refractivity contribution in [3.8, 4) is 0 Å². The molecule has 0 aromatic heterocycles. The van der Waals surface area contributed by atoms with E-state index in [2.05, 4.69) is 15.9 Å². The van der Waals surface area contributed by atoms with Gasteiger partial charge in [-0.3, -0.25) is 4.90 Å². The SMILES string of the molecule is CC(C)(C)COC(=O)C1Cc2cc(Br)ccc2N1C(=O)O. The summed E-state index contributed by atoms with van der Waals surface area (Å²) in [7, 11) is 0. The van der Waals surface area contributed by atoms with Crippen molar-refractivity contribution in [3.63, 3.8) is 0 Å². The number of carbonyl (C=O) groups excluding carboxylic acids is 1. The van der Waals surface area contributed by atoms with E-state index in [0.717, 1.165) is 14.9 Å². The van der Waals surface area contributed by atoms with Crippen LogP contribution >= 0.6 is 15.9 Å². The molecule has 1 unspecified atom stereocenters. The number of hydrogen-bond acceptors (Lipinski definition) is 3. The molecule has 0 fully saturated rings. The minimum Gasteiger partial charge on any atom is -0.465 e. The number of esters is 1. The molecule has 5 nitrogen and oxygen atoms in total. The van der Waals surface area contributed by atoms with Crippen molar-refractivity contribution in [2.45, 2.75) is 33.2 Å². The molecule has 0 spiro atoms. The van der Waals surface area contributed by atoms with Crippen LogP contribution in [0.3, 0.4) is 0 Å². The number of halogens is 1. The van der Waals surface area contributed by atoms with Gasteiger partial charge in [0.2, 0.25) is 0 Å². The number of benzene rings is 1. The number of hydrogen-bond donors (Lipinski definition) is 1. The normalized spacial score (nSPS) is 17.5. The third-order valence-corrected chi connectivity index (χ3v) is 3.64. The summed E-state index contributed by atoms with van der Waals surface area (Å²) >= 11 is 3.35. The van der Waals surface area contributed by atoms with Gasteiger partial charge in [-0.05, 0) is 29.2 Å². The predicted molar refractivity (Wildman–Crippen MR) is 82.6 cm³/mol. The molecular formula is C15H18BrNO4. The van der Waals surface area contributed by atoms with Crippen LogP contribution in [0.5, 0.6) is 0 Å². The molecule has 1 aliphatic heterocycles. The fraction of sp³-hybridized carbons (Fsp3) is 0.467. The first-order valence-electron chi connectivity index (χ1n) is 6.66. The first kappa shape index (κ1) is 15.8. The molecule has 1 aromatic rings. The zero-order chi connectivity index (χ0) is 15.8. The lowest BCUT2D eigenvalue weighted by atomic mass is 9.99. The Hall–Kier alpha value is -1.56. The van der Waals surface area contributed by atoms with Gasteiger partial charge >= 0.3 is 12.1 Å². The highest BCUT2D eigenvalue weighted by Gasteiger charge is 2.39. The third kappa shape index (κ3) is 3.56. The molecule has 1 N–H and O–H groups in total. The summed E-state index contributed by atoms with van der Waals surface area (Å²) in [5, 5.41) is 9.38. The lowest BCUT2D eigenvalue weighted by molar-refractivity contribution is -0.147. The zero-order valence-electron chi connectivity index (χ0n) is 12.2. The van der Waals surface area contributed by atoms with Crippen LogP contribution in [0.2, 0.25) is 0 Å². The molecule has 1 heterocycles. The maximum absolute atomic E-state index is 12.2. The number of carbonyl (C=O) groups is 2. The van der Waals surface area contributed by atoms with Crippen molar-refractivity contribution in [3.05, 3.63) is 28.2 Å². The van der Waals surface area contributed by atoms with Gasteiger partial charge < -0.3 is 9.84 Å². The summed E-state index contributed by atoms with van der Waals surface area (Å²) in [5.74, 6) is -0.500. The molecule has 1 amide bonds. The standard InChI is InChI=1S/C15H18BrNO4/c1-15(2,3)8-21-13(18)12-7-9-6-10(16)4-5-11(9)17(12)14(19)20/h4-6,12H,7-8H2,1-3H3,(H,19,20). The Morgan fingerprint density at radius 1 is 1.43 bits per heavy atom. The molecule has 0 saturated carbocycles. The highest BCUT2D eigenvalue weighted by molar-refractivity contribution is 9.10. The summed E-state index contributed by atoms with van der Waals surface area (Å²) in [6.07, 6.45) is -0.807. The van der Waals surface area contributed by atoms with Crippen LogP contribution in [-0.4, -0.2) is 29.8 Å². The second kappa shape index (κ2) is 5.67. The Bertz CT molecular complexity index is 580. The van der Waals surface area contributed by atoms with Crippen LogP contribution in [-0.2, 0) is 16.0 Å². The highest BCUT2D eigenvalue weighted by Crippen LogP contribution is 2.35. The summed E-state index contributed by atoms with van der Waals surface area (Å²) in [6.45, 7) is 6.12. The minimum absolute atomic E-state index is 0.155. The number of anilines is 1. The number of fused-ring (bicyclic) bond motifs is 1. The average Bonchev–Trinajstić information content (AvgIpc) is 2.73. The minimum atomic E-state index is -1.14. The van der Waals surface area contributed by atoms with E-state index in [9.17, 15) is 14.7 Å². The number of ether oxygens (including phenoxy) is 1. The van der Waals surface area contributed by atoms with Crippen molar-refractivity contribution in [1.29, 1.82) is 0 Å². The molecule has 0 aliphatic carbocycles. The van der Waals surface area contributed by atoms with Gasteiger partial charge in [0.25, 0.3) is 0 Å². The quantitative estimate of drug-likeness (QED) is 0.825. The van der Waals surface area contributed by atoms with Crippen molar-refractivity contribution in [1.82, 2.24) is 0 Å². The van der Waals surface area contributed by atoms with Gasteiger partial charge in [-0.25, -0.2) is 9.59 Å². The number of carboxylic acid groups (broad SMARTS) is 1. The first-order chi connectivity index (χ1) is 9.69. The lowest BCUT2D eigenvalue weighted by Gasteiger charge is -2.23. The molecule has 0 radical (unpaired) electrons. The van der Waals surface area contributed by atoms with Crippen molar-refractivity contribution < 1.29 is 19.4 Å². The van der Waals surface area contributed by atoms with Gasteiger partial charge in [0.15, 0.2) is 0 Å². The fourth-order valence-electron chi connectivity index (χ4n) is 2.23. The summed E-state index contributed by atoms with van der Waals surface area (Å²) in [6, 6.07) is 4.49. The lowest BCUT2D eigenvalue weighted by Crippen LogP contribution is -2.43. The second-order valence-corrected chi connectivity index (χ2v) is 7.23. The smallest absolute Gasteiger partial charge is 0.412 e. The topological polar surface area (TPSA) is 66.8 Å². The van der Waals surface area contributed by atoms with Crippen LogP contribution in [0, 0.1) is 5.41 Å². The van der Waals surface area contributed by atoms with E-state index in [1.165, 1.54) is 0 Å². The predicted octanol–water partition coefficient (Wildman–Crippen LogP) is 3.45. The largest absolute Gasteiger partial charge is 0.465 e. The van der Waals surface area contributed by atoms with E-state index in [4.69, 9.17) is 4.74 Å². The number of rotatable bonds is 2. The van der Waals surface area contributed by atoms with Crippen LogP contribution in [0.15, 0.2) is 22.7 Å². The van der Waals surface area contributed by atoms with Gasteiger partial charge in [-0.1, -0.05) is 36.7 Å². The van der Waals surface area contributed by atoms with Crippen LogP contribution in [0.4, 0.5) is 10.5 Å². The maximum atomic E-state index is 12.2. The molecule has 6 heteroatoms. The highest BCUT2D eigenvalue weighted by atomic mass is 79.9. The third-order valence-electron chi connectivity index (χ3n) is 3.15. The van der Waals surface area contributed by atoms with E-state index >= 15 is 0 Å². The maximum Gasteiger partial charge on any atom is 0.412 e. The van der Waals surface area contributed by atoms with Crippen LogP contribution < -0.4 is 4.90 Å². The monoisotopic (exact) mass is 355 g/mol. The molecule has 0 bridgehead atoms. The number of nitrogens with zero attached hydrogens (tertiary/aromatic N) is 1. The molecule has 1 aromatic carbocycles. The Morgan fingerprint density at radius 3 is 2.67 bits per heavy atom. The van der Waals surface area contributed by atoms with Crippen molar-refractivity contribution >= 4 is 33.7 Å². The van der Waals surface area contributed by atoms with E-state index < -0.39 is 18.1 Å².